The minimum absolute atomic E-state index is 0.0470. The van der Waals surface area contributed by atoms with Crippen molar-refractivity contribution in [1.82, 2.24) is 9.88 Å². The van der Waals surface area contributed by atoms with Crippen LogP contribution in [0.15, 0.2) is 18.2 Å². The lowest BCUT2D eigenvalue weighted by molar-refractivity contribution is 0.0175. The second-order valence-corrected chi connectivity index (χ2v) is 7.35. The van der Waals surface area contributed by atoms with Crippen molar-refractivity contribution in [2.45, 2.75) is 64.6 Å². The number of ether oxygens (including phenoxy) is 1. The summed E-state index contributed by atoms with van der Waals surface area (Å²) in [4.78, 5) is 18.6. The minimum Gasteiger partial charge on any atom is -0.444 e. The van der Waals surface area contributed by atoms with Gasteiger partial charge in [-0.2, -0.15) is 0 Å². The molecule has 1 amide bonds. The van der Waals surface area contributed by atoms with Gasteiger partial charge in [-0.25, -0.2) is 9.18 Å². The van der Waals surface area contributed by atoms with Crippen LogP contribution in [-0.2, 0) is 4.74 Å². The van der Waals surface area contributed by atoms with Gasteiger partial charge in [0.1, 0.15) is 11.4 Å². The van der Waals surface area contributed by atoms with E-state index in [9.17, 15) is 9.18 Å². The van der Waals surface area contributed by atoms with Crippen molar-refractivity contribution in [3.05, 3.63) is 35.4 Å². The van der Waals surface area contributed by atoms with Crippen LogP contribution in [0.3, 0.4) is 0 Å². The van der Waals surface area contributed by atoms with Crippen LogP contribution in [0.4, 0.5) is 9.18 Å². The van der Waals surface area contributed by atoms with Crippen molar-refractivity contribution in [1.29, 1.82) is 0 Å². The number of fused-ring (bicyclic) bond motifs is 2. The van der Waals surface area contributed by atoms with Crippen molar-refractivity contribution >= 4 is 11.7 Å². The molecule has 0 aliphatic carbocycles. The fraction of sp³-hybridized carbons (Fsp3) is 0.556. The molecule has 124 valence electrons. The van der Waals surface area contributed by atoms with E-state index in [1.807, 2.05) is 25.7 Å². The second-order valence-electron chi connectivity index (χ2n) is 7.35. The van der Waals surface area contributed by atoms with Gasteiger partial charge in [0.25, 0.3) is 0 Å². The second kappa shape index (κ2) is 5.62. The number of nitrogens with zero attached hydrogens (tertiary/aromatic N) is 2. The SMILES string of the molecule is Cc1nc(C2=CC3CCC(C2)N3C(=O)OC(C)(C)C)ccc1F. The Hall–Kier alpha value is -1.91. The molecule has 0 saturated carbocycles. The summed E-state index contributed by atoms with van der Waals surface area (Å²) in [6.45, 7) is 7.31. The van der Waals surface area contributed by atoms with Gasteiger partial charge in [-0.3, -0.25) is 9.88 Å². The van der Waals surface area contributed by atoms with Crippen LogP contribution >= 0.6 is 0 Å². The molecule has 4 nitrogen and oxygen atoms in total. The van der Waals surface area contributed by atoms with E-state index in [2.05, 4.69) is 11.1 Å². The number of aryl methyl sites for hydroxylation is 1. The van der Waals surface area contributed by atoms with E-state index >= 15 is 0 Å². The zero-order valence-electron chi connectivity index (χ0n) is 14.1. The molecule has 2 aliphatic rings. The minimum atomic E-state index is -0.490. The molecule has 2 bridgehead atoms. The number of amides is 1. The molecule has 1 aromatic heterocycles. The van der Waals surface area contributed by atoms with E-state index in [4.69, 9.17) is 4.74 Å². The summed E-state index contributed by atoms with van der Waals surface area (Å²) >= 11 is 0. The molecule has 1 fully saturated rings. The lowest BCUT2D eigenvalue weighted by Crippen LogP contribution is -2.45. The van der Waals surface area contributed by atoms with Crippen LogP contribution in [0.1, 0.15) is 51.4 Å². The quantitative estimate of drug-likeness (QED) is 0.783. The van der Waals surface area contributed by atoms with Gasteiger partial charge in [0.05, 0.1) is 17.4 Å². The Kier molecular flexibility index (Phi) is 3.90. The van der Waals surface area contributed by atoms with Crippen LogP contribution in [0, 0.1) is 12.7 Å². The molecule has 23 heavy (non-hydrogen) atoms. The van der Waals surface area contributed by atoms with Gasteiger partial charge in [-0.05, 0) is 64.7 Å². The molecule has 0 aromatic carbocycles. The van der Waals surface area contributed by atoms with Crippen molar-refractivity contribution in [2.24, 2.45) is 0 Å². The Morgan fingerprint density at radius 1 is 1.35 bits per heavy atom. The molecule has 2 unspecified atom stereocenters. The predicted molar refractivity (Wildman–Crippen MR) is 86.4 cm³/mol. The maximum absolute atomic E-state index is 13.4. The Labute approximate surface area is 136 Å². The van der Waals surface area contributed by atoms with E-state index in [-0.39, 0.29) is 24.0 Å². The zero-order valence-corrected chi connectivity index (χ0v) is 14.1. The number of hydrogen-bond acceptors (Lipinski definition) is 3. The molecule has 3 heterocycles. The smallest absolute Gasteiger partial charge is 0.411 e. The average molecular weight is 318 g/mol. The Morgan fingerprint density at radius 3 is 2.70 bits per heavy atom. The zero-order chi connectivity index (χ0) is 16.8. The predicted octanol–water partition coefficient (Wildman–Crippen LogP) is 4.08. The van der Waals surface area contributed by atoms with Crippen molar-refractivity contribution in [2.75, 3.05) is 0 Å². The standard InChI is InChI=1S/C18H23FN2O2/c1-11-15(19)7-8-16(20-11)12-9-13-5-6-14(10-12)21(13)17(22)23-18(2,3)4/h7-9,13-14H,5-6,10H2,1-4H3. The summed E-state index contributed by atoms with van der Waals surface area (Å²) < 4.78 is 18.9. The molecule has 0 spiro atoms. The van der Waals surface area contributed by atoms with Crippen LogP contribution in [0.25, 0.3) is 5.57 Å². The van der Waals surface area contributed by atoms with Crippen molar-refractivity contribution in [3.63, 3.8) is 0 Å². The van der Waals surface area contributed by atoms with Gasteiger partial charge in [-0.15, -0.1) is 0 Å². The molecule has 5 heteroatoms. The molecule has 2 aliphatic heterocycles. The maximum atomic E-state index is 13.4. The largest absolute Gasteiger partial charge is 0.444 e. The first-order valence-electron chi connectivity index (χ1n) is 8.10. The van der Waals surface area contributed by atoms with E-state index in [1.165, 1.54) is 6.07 Å². The molecular weight excluding hydrogens is 295 g/mol. The van der Waals surface area contributed by atoms with Gasteiger partial charge < -0.3 is 4.74 Å². The van der Waals surface area contributed by atoms with E-state index in [0.717, 1.165) is 30.5 Å². The van der Waals surface area contributed by atoms with Gasteiger partial charge >= 0.3 is 6.09 Å². The Bertz CT molecular complexity index is 663. The highest BCUT2D eigenvalue weighted by molar-refractivity contribution is 5.74. The van der Waals surface area contributed by atoms with E-state index < -0.39 is 5.60 Å². The summed E-state index contributed by atoms with van der Waals surface area (Å²) in [6.07, 6.45) is 4.49. The summed E-state index contributed by atoms with van der Waals surface area (Å²) in [5, 5.41) is 0. The van der Waals surface area contributed by atoms with Gasteiger partial charge in [0.2, 0.25) is 0 Å². The van der Waals surface area contributed by atoms with Crippen LogP contribution in [0.5, 0.6) is 0 Å². The highest BCUT2D eigenvalue weighted by atomic mass is 19.1. The third kappa shape index (κ3) is 3.23. The third-order valence-electron chi connectivity index (χ3n) is 4.35. The molecule has 0 radical (unpaired) electrons. The summed E-state index contributed by atoms with van der Waals surface area (Å²) in [6, 6.07) is 3.37. The molecule has 3 rings (SSSR count). The third-order valence-corrected chi connectivity index (χ3v) is 4.35. The molecule has 1 saturated heterocycles. The monoisotopic (exact) mass is 318 g/mol. The van der Waals surface area contributed by atoms with Crippen LogP contribution in [-0.4, -0.2) is 33.7 Å². The van der Waals surface area contributed by atoms with Crippen LogP contribution in [0.2, 0.25) is 0 Å². The molecule has 2 atom stereocenters. The number of rotatable bonds is 1. The number of carbonyl (C=O) groups is 1. The molecular formula is C18H23FN2O2. The van der Waals surface area contributed by atoms with Crippen LogP contribution < -0.4 is 0 Å². The lowest BCUT2D eigenvalue weighted by Gasteiger charge is -2.35. The number of carbonyl (C=O) groups excluding carboxylic acids is 1. The highest BCUT2D eigenvalue weighted by Gasteiger charge is 2.41. The lowest BCUT2D eigenvalue weighted by atomic mass is 9.98. The number of halogens is 1. The Balaban J connectivity index is 1.83. The first kappa shape index (κ1) is 16.0. The summed E-state index contributed by atoms with van der Waals surface area (Å²) in [7, 11) is 0. The first-order chi connectivity index (χ1) is 10.7. The fourth-order valence-electron chi connectivity index (χ4n) is 3.34. The highest BCUT2D eigenvalue weighted by Crippen LogP contribution is 2.39. The van der Waals surface area contributed by atoms with Gasteiger partial charge in [-0.1, -0.05) is 6.08 Å². The number of aromatic nitrogens is 1. The van der Waals surface area contributed by atoms with Gasteiger partial charge in [0, 0.05) is 6.04 Å². The van der Waals surface area contributed by atoms with Crippen molar-refractivity contribution < 1.29 is 13.9 Å². The summed E-state index contributed by atoms with van der Waals surface area (Å²) in [5.41, 5.74) is 1.83. The van der Waals surface area contributed by atoms with E-state index in [0.29, 0.717) is 5.69 Å². The van der Waals surface area contributed by atoms with Crippen molar-refractivity contribution in [3.8, 4) is 0 Å². The summed E-state index contributed by atoms with van der Waals surface area (Å²) in [5.74, 6) is -0.288. The topological polar surface area (TPSA) is 42.4 Å². The normalized spacial score (nSPS) is 23.7. The fourth-order valence-corrected chi connectivity index (χ4v) is 3.34. The Morgan fingerprint density at radius 2 is 2.09 bits per heavy atom. The number of pyridine rings is 1. The molecule has 0 N–H and O–H groups in total. The first-order valence-corrected chi connectivity index (χ1v) is 8.10. The maximum Gasteiger partial charge on any atom is 0.411 e. The van der Waals surface area contributed by atoms with Gasteiger partial charge in [0.15, 0.2) is 0 Å². The number of hydrogen-bond donors (Lipinski definition) is 0. The van der Waals surface area contributed by atoms with E-state index in [1.54, 1.807) is 13.0 Å². The average Bonchev–Trinajstić information content (AvgIpc) is 2.71. The molecule has 1 aromatic rings.